The molecule has 8 heteroatoms. The maximum atomic E-state index is 12.8. The summed E-state index contributed by atoms with van der Waals surface area (Å²) in [6, 6.07) is 10.3. The van der Waals surface area contributed by atoms with Crippen molar-refractivity contribution < 1.29 is 14.4 Å². The molecule has 2 heterocycles. The van der Waals surface area contributed by atoms with E-state index in [1.54, 1.807) is 6.07 Å². The second-order valence-corrected chi connectivity index (χ2v) is 8.46. The molecular formula is C21H24ClN3O3S. The van der Waals surface area contributed by atoms with E-state index in [0.717, 1.165) is 10.4 Å². The van der Waals surface area contributed by atoms with Crippen molar-refractivity contribution in [2.24, 2.45) is 0 Å². The topological polar surface area (TPSA) is 78.5 Å². The van der Waals surface area contributed by atoms with Crippen LogP contribution in [0, 0.1) is 0 Å². The minimum Gasteiger partial charge on any atom is -0.351 e. The van der Waals surface area contributed by atoms with E-state index in [2.05, 4.69) is 10.6 Å². The summed E-state index contributed by atoms with van der Waals surface area (Å²) in [5.74, 6) is -0.462. The van der Waals surface area contributed by atoms with Gasteiger partial charge in [0.2, 0.25) is 11.8 Å². The predicted molar refractivity (Wildman–Crippen MR) is 114 cm³/mol. The van der Waals surface area contributed by atoms with E-state index in [1.165, 1.54) is 18.3 Å². The molecule has 1 aromatic carbocycles. The van der Waals surface area contributed by atoms with Crippen molar-refractivity contribution >= 4 is 40.7 Å². The number of hydrogen-bond acceptors (Lipinski definition) is 4. The fourth-order valence-electron chi connectivity index (χ4n) is 3.42. The van der Waals surface area contributed by atoms with Gasteiger partial charge >= 0.3 is 0 Å². The number of nitrogens with zero attached hydrogens (tertiary/aromatic N) is 1. The van der Waals surface area contributed by atoms with Crippen LogP contribution in [-0.2, 0) is 16.0 Å². The fourth-order valence-corrected chi connectivity index (χ4v) is 4.33. The third kappa shape index (κ3) is 5.81. The molecule has 29 heavy (non-hydrogen) atoms. The van der Waals surface area contributed by atoms with Crippen LogP contribution in [0.15, 0.2) is 41.8 Å². The van der Waals surface area contributed by atoms with Crippen LogP contribution in [0.2, 0.25) is 5.02 Å². The molecule has 6 nitrogen and oxygen atoms in total. The highest BCUT2D eigenvalue weighted by atomic mass is 35.5. The lowest BCUT2D eigenvalue weighted by Crippen LogP contribution is -2.53. The van der Waals surface area contributed by atoms with Crippen LogP contribution >= 0.6 is 22.9 Å². The maximum Gasteiger partial charge on any atom is 0.263 e. The van der Waals surface area contributed by atoms with Crippen LogP contribution in [0.5, 0.6) is 0 Å². The lowest BCUT2D eigenvalue weighted by molar-refractivity contribution is -0.128. The second kappa shape index (κ2) is 9.89. The molecule has 1 aliphatic heterocycles. The summed E-state index contributed by atoms with van der Waals surface area (Å²) in [5.41, 5.74) is 0.805. The summed E-state index contributed by atoms with van der Waals surface area (Å²) in [5, 5.41) is 8.20. The number of carbonyl (C=O) groups is 3. The quantitative estimate of drug-likeness (QED) is 0.735. The van der Waals surface area contributed by atoms with Crippen LogP contribution in [0.25, 0.3) is 0 Å². The van der Waals surface area contributed by atoms with Crippen LogP contribution in [0.1, 0.15) is 35.0 Å². The third-order valence-electron chi connectivity index (χ3n) is 4.94. The molecule has 1 aromatic heterocycles. The summed E-state index contributed by atoms with van der Waals surface area (Å²) < 4.78 is 0. The van der Waals surface area contributed by atoms with Crippen molar-refractivity contribution in [1.29, 1.82) is 0 Å². The molecule has 2 aromatic rings. The van der Waals surface area contributed by atoms with Gasteiger partial charge in [0.1, 0.15) is 6.04 Å². The molecule has 0 saturated carbocycles. The molecule has 3 rings (SSSR count). The van der Waals surface area contributed by atoms with E-state index in [9.17, 15) is 14.4 Å². The predicted octanol–water partition coefficient (Wildman–Crippen LogP) is 2.87. The number of thiophene rings is 1. The van der Waals surface area contributed by atoms with Gasteiger partial charge in [-0.2, -0.15) is 0 Å². The van der Waals surface area contributed by atoms with Gasteiger partial charge in [0.25, 0.3) is 5.91 Å². The van der Waals surface area contributed by atoms with Crippen LogP contribution < -0.4 is 10.6 Å². The first-order valence-electron chi connectivity index (χ1n) is 9.57. The van der Waals surface area contributed by atoms with Gasteiger partial charge in [0, 0.05) is 37.5 Å². The normalized spacial score (nSPS) is 15.6. The van der Waals surface area contributed by atoms with Gasteiger partial charge in [-0.15, -0.1) is 11.3 Å². The zero-order chi connectivity index (χ0) is 20.8. The first kappa shape index (κ1) is 21.3. The lowest BCUT2D eigenvalue weighted by atomic mass is 10.0. The van der Waals surface area contributed by atoms with E-state index in [1.807, 2.05) is 40.6 Å². The Kier molecular flexibility index (Phi) is 7.28. The molecule has 1 fully saturated rings. The number of rotatable bonds is 6. The van der Waals surface area contributed by atoms with Crippen LogP contribution in [0.4, 0.5) is 0 Å². The van der Waals surface area contributed by atoms with Crippen LogP contribution in [-0.4, -0.2) is 47.8 Å². The average molecular weight is 434 g/mol. The summed E-state index contributed by atoms with van der Waals surface area (Å²) in [7, 11) is 0. The summed E-state index contributed by atoms with van der Waals surface area (Å²) in [6.07, 6.45) is 1.68. The monoisotopic (exact) mass is 433 g/mol. The van der Waals surface area contributed by atoms with E-state index in [-0.39, 0.29) is 23.8 Å². The largest absolute Gasteiger partial charge is 0.351 e. The van der Waals surface area contributed by atoms with E-state index in [0.29, 0.717) is 37.4 Å². The molecule has 0 radical (unpaired) electrons. The Balaban J connectivity index is 1.56. The van der Waals surface area contributed by atoms with Gasteiger partial charge in [0.15, 0.2) is 0 Å². The number of carbonyl (C=O) groups excluding carboxylic acids is 3. The summed E-state index contributed by atoms with van der Waals surface area (Å²) >= 11 is 7.64. The van der Waals surface area contributed by atoms with Crippen molar-refractivity contribution in [2.75, 3.05) is 13.1 Å². The number of halogens is 1. The van der Waals surface area contributed by atoms with Gasteiger partial charge in [-0.3, -0.25) is 14.4 Å². The van der Waals surface area contributed by atoms with E-state index < -0.39 is 6.04 Å². The van der Waals surface area contributed by atoms with Gasteiger partial charge in [-0.05, 0) is 35.9 Å². The number of likely N-dealkylation sites (tertiary alicyclic amines) is 1. The molecule has 0 spiro atoms. The number of nitrogens with one attached hydrogen (secondary N) is 2. The Labute approximate surface area is 179 Å². The molecule has 154 valence electrons. The lowest BCUT2D eigenvalue weighted by Gasteiger charge is -2.33. The van der Waals surface area contributed by atoms with E-state index >= 15 is 0 Å². The highest BCUT2D eigenvalue weighted by Gasteiger charge is 2.28. The Morgan fingerprint density at radius 2 is 1.90 bits per heavy atom. The zero-order valence-electron chi connectivity index (χ0n) is 16.2. The fraction of sp³-hybridized carbons (Fsp3) is 0.381. The minimum absolute atomic E-state index is 0.0302. The Hall–Kier alpha value is -2.38. The van der Waals surface area contributed by atoms with Gasteiger partial charge in [0.05, 0.1) is 4.88 Å². The SMILES string of the molecule is CC(=O)NC(Cc1ccccc1Cl)C(=O)NC1CCN(C(=O)c2cccs2)CC1. The third-order valence-corrected chi connectivity index (χ3v) is 6.16. The smallest absolute Gasteiger partial charge is 0.263 e. The van der Waals surface area contributed by atoms with Gasteiger partial charge in [-0.25, -0.2) is 0 Å². The molecule has 3 amide bonds. The highest BCUT2D eigenvalue weighted by molar-refractivity contribution is 7.12. The second-order valence-electron chi connectivity index (χ2n) is 7.10. The van der Waals surface area contributed by atoms with Crippen molar-refractivity contribution in [1.82, 2.24) is 15.5 Å². The average Bonchev–Trinajstić information content (AvgIpc) is 3.23. The van der Waals surface area contributed by atoms with Gasteiger partial charge in [-0.1, -0.05) is 35.9 Å². The molecule has 2 N–H and O–H groups in total. The molecule has 0 bridgehead atoms. The Bertz CT molecular complexity index is 864. The van der Waals surface area contributed by atoms with Crippen molar-refractivity contribution in [3.05, 3.63) is 57.2 Å². The molecule has 1 atom stereocenters. The Morgan fingerprint density at radius 1 is 1.17 bits per heavy atom. The van der Waals surface area contributed by atoms with Crippen molar-refractivity contribution in [3.63, 3.8) is 0 Å². The molecule has 0 aliphatic carbocycles. The summed E-state index contributed by atoms with van der Waals surface area (Å²) in [4.78, 5) is 39.4. The van der Waals surface area contributed by atoms with Gasteiger partial charge < -0.3 is 15.5 Å². The highest BCUT2D eigenvalue weighted by Crippen LogP contribution is 2.19. The number of piperidine rings is 1. The number of amides is 3. The first-order chi connectivity index (χ1) is 13.9. The molecule has 1 unspecified atom stereocenters. The maximum absolute atomic E-state index is 12.8. The minimum atomic E-state index is -0.696. The standard InChI is InChI=1S/C21H24ClN3O3S/c1-14(26)23-18(13-15-5-2-3-6-17(15)22)20(27)24-16-8-10-25(11-9-16)21(28)19-7-4-12-29-19/h2-7,12,16,18H,8-11,13H2,1H3,(H,23,26)(H,24,27). The molecular weight excluding hydrogens is 410 g/mol. The van der Waals surface area contributed by atoms with Crippen LogP contribution in [0.3, 0.4) is 0 Å². The van der Waals surface area contributed by atoms with Crippen molar-refractivity contribution in [2.45, 2.75) is 38.3 Å². The number of hydrogen-bond donors (Lipinski definition) is 2. The summed E-state index contributed by atoms with van der Waals surface area (Å²) in [6.45, 7) is 2.58. The Morgan fingerprint density at radius 3 is 2.52 bits per heavy atom. The van der Waals surface area contributed by atoms with E-state index in [4.69, 9.17) is 11.6 Å². The molecule has 1 saturated heterocycles. The molecule has 1 aliphatic rings. The van der Waals surface area contributed by atoms with Crippen molar-refractivity contribution in [3.8, 4) is 0 Å². The first-order valence-corrected chi connectivity index (χ1v) is 10.8. The number of benzene rings is 1. The zero-order valence-corrected chi connectivity index (χ0v) is 17.8.